The zero-order valence-corrected chi connectivity index (χ0v) is 13.6. The molecule has 1 N–H and O–H groups in total. The predicted octanol–water partition coefficient (Wildman–Crippen LogP) is 3.77. The number of carbonyl (C=O) groups is 1. The summed E-state index contributed by atoms with van der Waals surface area (Å²) in [4.78, 5) is 12.0. The number of hydrogen-bond donors (Lipinski definition) is 1. The Bertz CT molecular complexity index is 628. The van der Waals surface area contributed by atoms with Crippen LogP contribution in [-0.4, -0.2) is 18.6 Å². The molecular weight excluding hydrogens is 298 g/mol. The molecule has 0 bridgehead atoms. The fourth-order valence-corrected chi connectivity index (χ4v) is 2.18. The van der Waals surface area contributed by atoms with Crippen molar-refractivity contribution in [3.63, 3.8) is 0 Å². The fourth-order valence-electron chi connectivity index (χ4n) is 2.07. The van der Waals surface area contributed by atoms with E-state index in [2.05, 4.69) is 5.32 Å². The first-order chi connectivity index (χ1) is 10.6. The van der Waals surface area contributed by atoms with Crippen LogP contribution in [0.25, 0.3) is 0 Å². The summed E-state index contributed by atoms with van der Waals surface area (Å²) in [5.41, 5.74) is 2.13. The van der Waals surface area contributed by atoms with Gasteiger partial charge in [0.15, 0.2) is 6.10 Å². The molecule has 0 fully saturated rings. The lowest BCUT2D eigenvalue weighted by Crippen LogP contribution is -2.37. The van der Waals surface area contributed by atoms with Crippen molar-refractivity contribution in [1.82, 2.24) is 5.32 Å². The highest BCUT2D eigenvalue weighted by molar-refractivity contribution is 6.31. The van der Waals surface area contributed by atoms with Crippen LogP contribution in [0.5, 0.6) is 5.75 Å². The van der Waals surface area contributed by atoms with Gasteiger partial charge in [-0.3, -0.25) is 4.79 Å². The second-order valence-corrected chi connectivity index (χ2v) is 5.60. The Balaban J connectivity index is 1.80. The van der Waals surface area contributed by atoms with Crippen LogP contribution in [0.3, 0.4) is 0 Å². The van der Waals surface area contributed by atoms with Gasteiger partial charge in [-0.2, -0.15) is 0 Å². The van der Waals surface area contributed by atoms with Crippen molar-refractivity contribution in [2.24, 2.45) is 0 Å². The zero-order valence-electron chi connectivity index (χ0n) is 12.8. The van der Waals surface area contributed by atoms with Gasteiger partial charge in [0.2, 0.25) is 0 Å². The first kappa shape index (κ1) is 16.4. The summed E-state index contributed by atoms with van der Waals surface area (Å²) in [5.74, 6) is 0.524. The van der Waals surface area contributed by atoms with Crippen molar-refractivity contribution in [2.45, 2.75) is 26.4 Å². The summed E-state index contributed by atoms with van der Waals surface area (Å²) in [7, 11) is 0. The molecule has 0 saturated heterocycles. The molecule has 1 amide bonds. The van der Waals surface area contributed by atoms with Gasteiger partial charge in [0.25, 0.3) is 5.91 Å². The standard InChI is InChI=1S/C18H20ClNO2/c1-13-12-16(8-9-17(13)19)22-14(2)18(21)20-11-10-15-6-4-3-5-7-15/h3-9,12,14H,10-11H2,1-2H3,(H,20,21)/t14-/m0/s1. The molecule has 0 heterocycles. The Labute approximate surface area is 136 Å². The van der Waals surface area contributed by atoms with Crippen LogP contribution in [0.4, 0.5) is 0 Å². The van der Waals surface area contributed by atoms with Gasteiger partial charge in [-0.25, -0.2) is 0 Å². The van der Waals surface area contributed by atoms with Crippen LogP contribution in [0.15, 0.2) is 48.5 Å². The van der Waals surface area contributed by atoms with E-state index in [0.29, 0.717) is 17.3 Å². The lowest BCUT2D eigenvalue weighted by Gasteiger charge is -2.15. The smallest absolute Gasteiger partial charge is 0.260 e. The van der Waals surface area contributed by atoms with Crippen LogP contribution < -0.4 is 10.1 Å². The van der Waals surface area contributed by atoms with E-state index in [1.165, 1.54) is 5.56 Å². The molecule has 2 aromatic rings. The number of hydrogen-bond acceptors (Lipinski definition) is 2. The monoisotopic (exact) mass is 317 g/mol. The Hall–Kier alpha value is -2.00. The highest BCUT2D eigenvalue weighted by atomic mass is 35.5. The first-order valence-corrected chi connectivity index (χ1v) is 7.68. The van der Waals surface area contributed by atoms with Gasteiger partial charge in [-0.1, -0.05) is 41.9 Å². The van der Waals surface area contributed by atoms with E-state index < -0.39 is 6.10 Å². The molecule has 0 saturated carbocycles. The van der Waals surface area contributed by atoms with Gasteiger partial charge in [0.05, 0.1) is 0 Å². The van der Waals surface area contributed by atoms with E-state index in [1.807, 2.05) is 43.3 Å². The molecule has 0 aromatic heterocycles. The summed E-state index contributed by atoms with van der Waals surface area (Å²) < 4.78 is 5.64. The van der Waals surface area contributed by atoms with Gasteiger partial charge >= 0.3 is 0 Å². The van der Waals surface area contributed by atoms with E-state index in [4.69, 9.17) is 16.3 Å². The Morgan fingerprint density at radius 3 is 2.64 bits per heavy atom. The van der Waals surface area contributed by atoms with E-state index in [1.54, 1.807) is 19.1 Å². The van der Waals surface area contributed by atoms with Crippen LogP contribution in [0.2, 0.25) is 5.02 Å². The molecule has 22 heavy (non-hydrogen) atoms. The largest absolute Gasteiger partial charge is 0.481 e. The second-order valence-electron chi connectivity index (χ2n) is 5.20. The minimum Gasteiger partial charge on any atom is -0.481 e. The minimum atomic E-state index is -0.545. The molecule has 0 aliphatic carbocycles. The van der Waals surface area contributed by atoms with Crippen LogP contribution in [0, 0.1) is 6.92 Å². The summed E-state index contributed by atoms with van der Waals surface area (Å²) in [6.45, 7) is 4.23. The maximum Gasteiger partial charge on any atom is 0.260 e. The van der Waals surface area contributed by atoms with Crippen LogP contribution in [-0.2, 0) is 11.2 Å². The second kappa shape index (κ2) is 7.85. The number of rotatable bonds is 6. The highest BCUT2D eigenvalue weighted by Gasteiger charge is 2.14. The van der Waals surface area contributed by atoms with E-state index >= 15 is 0 Å². The SMILES string of the molecule is Cc1cc(O[C@@H](C)C(=O)NCCc2ccccc2)ccc1Cl. The number of amides is 1. The third-order valence-corrected chi connectivity index (χ3v) is 3.79. The Morgan fingerprint density at radius 2 is 1.95 bits per heavy atom. The Kier molecular flexibility index (Phi) is 5.84. The predicted molar refractivity (Wildman–Crippen MR) is 89.4 cm³/mol. The average molecular weight is 318 g/mol. The molecule has 116 valence electrons. The molecule has 0 aliphatic heterocycles. The minimum absolute atomic E-state index is 0.122. The molecule has 0 spiro atoms. The van der Waals surface area contributed by atoms with Crippen molar-refractivity contribution < 1.29 is 9.53 Å². The topological polar surface area (TPSA) is 38.3 Å². The number of nitrogens with one attached hydrogen (secondary N) is 1. The maximum atomic E-state index is 12.0. The van der Waals surface area contributed by atoms with Gasteiger partial charge in [0.1, 0.15) is 5.75 Å². The van der Waals surface area contributed by atoms with Crippen molar-refractivity contribution >= 4 is 17.5 Å². The van der Waals surface area contributed by atoms with E-state index in [-0.39, 0.29) is 5.91 Å². The van der Waals surface area contributed by atoms with Crippen LogP contribution in [0.1, 0.15) is 18.1 Å². The lowest BCUT2D eigenvalue weighted by atomic mass is 10.1. The first-order valence-electron chi connectivity index (χ1n) is 7.30. The summed E-state index contributed by atoms with van der Waals surface area (Å²) in [6, 6.07) is 15.4. The summed E-state index contributed by atoms with van der Waals surface area (Å²) in [6.07, 6.45) is 0.260. The van der Waals surface area contributed by atoms with Crippen LogP contribution >= 0.6 is 11.6 Å². The van der Waals surface area contributed by atoms with Gasteiger partial charge in [0, 0.05) is 11.6 Å². The van der Waals surface area contributed by atoms with Crippen molar-refractivity contribution in [3.05, 3.63) is 64.7 Å². The third-order valence-electron chi connectivity index (χ3n) is 3.37. The molecule has 2 aromatic carbocycles. The fraction of sp³-hybridized carbons (Fsp3) is 0.278. The Morgan fingerprint density at radius 1 is 1.23 bits per heavy atom. The van der Waals surface area contributed by atoms with Crippen molar-refractivity contribution in [2.75, 3.05) is 6.54 Å². The van der Waals surface area contributed by atoms with E-state index in [0.717, 1.165) is 12.0 Å². The number of halogens is 1. The molecule has 0 radical (unpaired) electrons. The number of ether oxygens (including phenoxy) is 1. The molecule has 0 aliphatic rings. The van der Waals surface area contributed by atoms with Gasteiger partial charge < -0.3 is 10.1 Å². The maximum absolute atomic E-state index is 12.0. The quantitative estimate of drug-likeness (QED) is 0.880. The van der Waals surface area contributed by atoms with Crippen molar-refractivity contribution in [3.8, 4) is 5.75 Å². The molecule has 2 rings (SSSR count). The zero-order chi connectivity index (χ0) is 15.9. The highest BCUT2D eigenvalue weighted by Crippen LogP contribution is 2.21. The number of benzene rings is 2. The average Bonchev–Trinajstić information content (AvgIpc) is 2.52. The number of aryl methyl sites for hydroxylation is 1. The molecule has 1 atom stereocenters. The van der Waals surface area contributed by atoms with Gasteiger partial charge in [-0.05, 0) is 49.6 Å². The lowest BCUT2D eigenvalue weighted by molar-refractivity contribution is -0.127. The van der Waals surface area contributed by atoms with E-state index in [9.17, 15) is 4.79 Å². The molecular formula is C18H20ClNO2. The van der Waals surface area contributed by atoms with Gasteiger partial charge in [-0.15, -0.1) is 0 Å². The van der Waals surface area contributed by atoms with Crippen molar-refractivity contribution in [1.29, 1.82) is 0 Å². The number of carbonyl (C=O) groups excluding carboxylic acids is 1. The molecule has 3 nitrogen and oxygen atoms in total. The normalized spacial score (nSPS) is 11.8. The molecule has 4 heteroatoms. The summed E-state index contributed by atoms with van der Waals surface area (Å²) >= 11 is 5.97. The summed E-state index contributed by atoms with van der Waals surface area (Å²) in [5, 5.41) is 3.57. The third kappa shape index (κ3) is 4.78. The molecule has 0 unspecified atom stereocenters.